The van der Waals surface area contributed by atoms with Gasteiger partial charge in [0.25, 0.3) is 5.91 Å². The van der Waals surface area contributed by atoms with Gasteiger partial charge in [-0.1, -0.05) is 30.7 Å². The van der Waals surface area contributed by atoms with Gasteiger partial charge in [-0.3, -0.25) is 19.1 Å². The fraction of sp³-hybridized carbons (Fsp3) is 0.577. The number of nitrogens with one attached hydrogen (secondary N) is 4. The molecule has 1 aromatic carbocycles. The Kier molecular flexibility index (Phi) is 11.5. The molecule has 214 valence electrons. The number of benzene rings is 1. The number of aliphatic hydroxyl groups excluding tert-OH is 1. The van der Waals surface area contributed by atoms with Crippen LogP contribution in [0.5, 0.6) is 5.75 Å². The van der Waals surface area contributed by atoms with Crippen molar-refractivity contribution in [1.29, 1.82) is 0 Å². The van der Waals surface area contributed by atoms with Crippen molar-refractivity contribution in [2.24, 2.45) is 5.92 Å². The van der Waals surface area contributed by atoms with Crippen molar-refractivity contribution < 1.29 is 24.2 Å². The zero-order chi connectivity index (χ0) is 28.4. The Balaban J connectivity index is 1.77. The third-order valence-electron chi connectivity index (χ3n) is 6.12. The number of aliphatic hydroxyl groups is 1. The van der Waals surface area contributed by atoms with Crippen molar-refractivity contribution >= 4 is 29.3 Å². The van der Waals surface area contributed by atoms with Crippen LogP contribution in [-0.4, -0.2) is 82.3 Å². The van der Waals surface area contributed by atoms with E-state index in [0.717, 1.165) is 5.69 Å². The average molecular weight is 564 g/mol. The van der Waals surface area contributed by atoms with Crippen LogP contribution < -0.4 is 26.0 Å². The molecule has 2 aromatic rings. The highest BCUT2D eigenvalue weighted by molar-refractivity contribution is 6.32. The molecule has 2 aliphatic heterocycles. The highest BCUT2D eigenvalue weighted by Gasteiger charge is 2.30. The molecule has 3 amide bonds. The molecule has 4 rings (SSSR count). The molecule has 1 aromatic heterocycles. The summed E-state index contributed by atoms with van der Waals surface area (Å²) in [4.78, 5) is 38.9. The first kappa shape index (κ1) is 30.3. The van der Waals surface area contributed by atoms with Crippen LogP contribution in [0.1, 0.15) is 49.7 Å². The summed E-state index contributed by atoms with van der Waals surface area (Å²) in [5.41, 5.74) is 1.05. The van der Waals surface area contributed by atoms with E-state index in [1.807, 2.05) is 20.0 Å². The number of hydrogen-bond acceptors (Lipinski definition) is 8. The normalized spacial score (nSPS) is 21.3. The van der Waals surface area contributed by atoms with Gasteiger partial charge in [-0.05, 0) is 37.5 Å². The smallest absolute Gasteiger partial charge is 0.252 e. The zero-order valence-electron chi connectivity index (χ0n) is 22.6. The van der Waals surface area contributed by atoms with Crippen LogP contribution >= 0.6 is 11.6 Å². The molecule has 0 aliphatic carbocycles. The van der Waals surface area contributed by atoms with Gasteiger partial charge in [-0.2, -0.15) is 0 Å². The van der Waals surface area contributed by atoms with Crippen LogP contribution in [0.4, 0.5) is 0 Å². The lowest BCUT2D eigenvalue weighted by Gasteiger charge is -2.25. The minimum atomic E-state index is -1.28. The third-order valence-corrected chi connectivity index (χ3v) is 6.42. The third kappa shape index (κ3) is 9.48. The lowest BCUT2D eigenvalue weighted by Crippen LogP contribution is -2.57. The molecule has 0 radical (unpaired) electrons. The Morgan fingerprint density at radius 2 is 1.92 bits per heavy atom. The molecule has 0 saturated carbocycles. The Bertz CT molecular complexity index is 1120. The van der Waals surface area contributed by atoms with E-state index in [-0.39, 0.29) is 22.4 Å². The van der Waals surface area contributed by atoms with Gasteiger partial charge in [-0.25, -0.2) is 0 Å². The number of aromatic nitrogens is 3. The van der Waals surface area contributed by atoms with Crippen LogP contribution in [-0.2, 0) is 22.6 Å². The highest BCUT2D eigenvalue weighted by atomic mass is 35.5. The first-order chi connectivity index (χ1) is 18.6. The van der Waals surface area contributed by atoms with E-state index in [4.69, 9.17) is 16.3 Å². The average Bonchev–Trinajstić information content (AvgIpc) is 3.33. The molecule has 0 saturated heterocycles. The van der Waals surface area contributed by atoms with Crippen LogP contribution in [0.25, 0.3) is 0 Å². The van der Waals surface area contributed by atoms with Crippen LogP contribution in [0.15, 0.2) is 24.4 Å². The second kappa shape index (κ2) is 14.8. The fourth-order valence-corrected chi connectivity index (χ4v) is 4.30. The monoisotopic (exact) mass is 563 g/mol. The minimum Gasteiger partial charge on any atom is -0.492 e. The summed E-state index contributed by atoms with van der Waals surface area (Å²) in [5, 5.41) is 30.2. The first-order valence-electron chi connectivity index (χ1n) is 13.2. The summed E-state index contributed by atoms with van der Waals surface area (Å²) in [7, 11) is 0. The molecule has 12 nitrogen and oxygen atoms in total. The first-order valence-corrected chi connectivity index (χ1v) is 13.6. The standard InChI is InChI=1S/C26H38ClN7O5/c1-16(2)13-21-25(37)29-10-9-28-8-7-19-15-34(33-32-19)11-4-12-39-22-6-5-18(14-20(22)27)24(36)31-23(17(3)35)26(38)30-21/h5-6,14-17,21,23,28,35H,4,7-13H2,1-3H3,(H,29,37)(H,30,38)(H,31,36)/t17-,21-,23+/m1/s1. The minimum absolute atomic E-state index is 0.113. The molecular formula is C26H38ClN7O5. The largest absolute Gasteiger partial charge is 0.492 e. The van der Waals surface area contributed by atoms with Gasteiger partial charge in [-0.15, -0.1) is 5.10 Å². The maximum atomic E-state index is 13.1. The van der Waals surface area contributed by atoms with Crippen molar-refractivity contribution in [1.82, 2.24) is 36.3 Å². The van der Waals surface area contributed by atoms with Crippen molar-refractivity contribution in [3.05, 3.63) is 40.7 Å². The molecular weight excluding hydrogens is 526 g/mol. The summed E-state index contributed by atoms with van der Waals surface area (Å²) in [6.07, 6.45) is 2.42. The second-order valence-electron chi connectivity index (χ2n) is 9.99. The number of ether oxygens (including phenoxy) is 1. The summed E-state index contributed by atoms with van der Waals surface area (Å²) in [6, 6.07) is 2.43. The van der Waals surface area contributed by atoms with Gasteiger partial charge < -0.3 is 31.1 Å². The number of carbonyl (C=O) groups excluding carboxylic acids is 3. The van der Waals surface area contributed by atoms with Crippen molar-refractivity contribution in [2.75, 3.05) is 26.2 Å². The Hall–Kier alpha value is -3.22. The number of nitrogens with zero attached hydrogens (tertiary/aromatic N) is 3. The molecule has 0 spiro atoms. The van der Waals surface area contributed by atoms with Gasteiger partial charge in [0.2, 0.25) is 11.8 Å². The van der Waals surface area contributed by atoms with Gasteiger partial charge in [0.15, 0.2) is 0 Å². The van der Waals surface area contributed by atoms with E-state index in [2.05, 4.69) is 31.6 Å². The van der Waals surface area contributed by atoms with Gasteiger partial charge in [0, 0.05) is 50.8 Å². The predicted molar refractivity (Wildman–Crippen MR) is 145 cm³/mol. The Morgan fingerprint density at radius 3 is 2.64 bits per heavy atom. The van der Waals surface area contributed by atoms with Gasteiger partial charge >= 0.3 is 0 Å². The molecule has 4 bridgehead atoms. The summed E-state index contributed by atoms with van der Waals surface area (Å²) < 4.78 is 7.52. The van der Waals surface area contributed by atoms with Crippen molar-refractivity contribution in [3.63, 3.8) is 0 Å². The zero-order valence-corrected chi connectivity index (χ0v) is 23.3. The van der Waals surface area contributed by atoms with E-state index in [9.17, 15) is 19.5 Å². The number of hydrogen-bond donors (Lipinski definition) is 5. The van der Waals surface area contributed by atoms with Crippen LogP contribution in [0.3, 0.4) is 0 Å². The van der Waals surface area contributed by atoms with E-state index < -0.39 is 30.0 Å². The number of halogens is 1. The number of amides is 3. The molecule has 0 unspecified atom stereocenters. The second-order valence-corrected chi connectivity index (χ2v) is 10.4. The number of fused-ring (bicyclic) bond motifs is 17. The number of carbonyl (C=O) groups is 3. The summed E-state index contributed by atoms with van der Waals surface area (Å²) >= 11 is 6.34. The topological polar surface area (TPSA) is 160 Å². The molecule has 2 aliphatic rings. The lowest BCUT2D eigenvalue weighted by atomic mass is 10.0. The molecule has 5 N–H and O–H groups in total. The molecule has 0 fully saturated rings. The van der Waals surface area contributed by atoms with Gasteiger partial charge in [0.05, 0.1) is 23.4 Å². The molecule has 3 atom stereocenters. The lowest BCUT2D eigenvalue weighted by molar-refractivity contribution is -0.131. The van der Waals surface area contributed by atoms with Crippen molar-refractivity contribution in [3.8, 4) is 5.75 Å². The van der Waals surface area contributed by atoms with Crippen LogP contribution in [0.2, 0.25) is 5.02 Å². The maximum Gasteiger partial charge on any atom is 0.252 e. The van der Waals surface area contributed by atoms with Crippen molar-refractivity contribution in [2.45, 2.75) is 64.8 Å². The Morgan fingerprint density at radius 1 is 1.13 bits per heavy atom. The molecule has 13 heteroatoms. The quantitative estimate of drug-likeness (QED) is 0.341. The summed E-state index contributed by atoms with van der Waals surface area (Å²) in [6.45, 7) is 7.83. The highest BCUT2D eigenvalue weighted by Crippen LogP contribution is 2.25. The van der Waals surface area contributed by atoms with E-state index in [1.54, 1.807) is 10.7 Å². The SMILES string of the molecule is CC(C)C[C@H]1NC(=O)[C@H]([C@@H](C)O)NC(=O)c2ccc(c(Cl)c2)OCCCn2cc(nn2)CCNCCNC1=O. The fourth-order valence-electron chi connectivity index (χ4n) is 4.06. The van der Waals surface area contributed by atoms with E-state index in [0.29, 0.717) is 57.8 Å². The number of aryl methyl sites for hydroxylation is 1. The molecule has 39 heavy (non-hydrogen) atoms. The van der Waals surface area contributed by atoms with Gasteiger partial charge in [0.1, 0.15) is 17.8 Å². The predicted octanol–water partition coefficient (Wildman–Crippen LogP) is 0.673. The number of rotatable bonds is 3. The van der Waals surface area contributed by atoms with E-state index in [1.165, 1.54) is 19.1 Å². The van der Waals surface area contributed by atoms with Crippen LogP contribution in [0, 0.1) is 5.92 Å². The molecule has 3 heterocycles. The van der Waals surface area contributed by atoms with E-state index >= 15 is 0 Å². The maximum absolute atomic E-state index is 13.1. The Labute approximate surface area is 233 Å². The summed E-state index contributed by atoms with van der Waals surface area (Å²) in [5.74, 6) is -1.07.